The van der Waals surface area contributed by atoms with E-state index < -0.39 is 0 Å². The SMILES string of the molecule is CO/N=C(\Br)CCCCCCCCCCC#N. The largest absolute Gasteiger partial charge is 0.398 e. The fourth-order valence-electron chi connectivity index (χ4n) is 1.68. The lowest BCUT2D eigenvalue weighted by Crippen LogP contribution is -1.88. The van der Waals surface area contributed by atoms with E-state index in [1.54, 1.807) is 7.11 Å². The summed E-state index contributed by atoms with van der Waals surface area (Å²) < 4.78 is 0.900. The summed E-state index contributed by atoms with van der Waals surface area (Å²) in [7, 11) is 1.56. The molecule has 0 aromatic rings. The first kappa shape index (κ1) is 16.4. The molecule has 0 atom stereocenters. The Morgan fingerprint density at radius 2 is 1.59 bits per heavy atom. The summed E-state index contributed by atoms with van der Waals surface area (Å²) in [5, 5.41) is 12.2. The molecule has 0 unspecified atom stereocenters. The van der Waals surface area contributed by atoms with Gasteiger partial charge in [0.2, 0.25) is 0 Å². The smallest absolute Gasteiger partial charge is 0.122 e. The highest BCUT2D eigenvalue weighted by molar-refractivity contribution is 9.18. The highest BCUT2D eigenvalue weighted by atomic mass is 79.9. The predicted octanol–water partition coefficient (Wildman–Crippen LogP) is 4.77. The van der Waals surface area contributed by atoms with Gasteiger partial charge in [-0.3, -0.25) is 0 Å². The van der Waals surface area contributed by atoms with Crippen LogP contribution in [0.25, 0.3) is 0 Å². The van der Waals surface area contributed by atoms with Crippen molar-refractivity contribution in [1.29, 1.82) is 5.26 Å². The Balaban J connectivity index is 3.09. The number of hydrogen-bond donors (Lipinski definition) is 0. The van der Waals surface area contributed by atoms with Gasteiger partial charge in [0, 0.05) is 6.42 Å². The Kier molecular flexibility index (Phi) is 13.1. The number of halogens is 1. The summed E-state index contributed by atoms with van der Waals surface area (Å²) in [6.07, 6.45) is 11.6. The molecular formula is C13H23BrN2O. The molecule has 98 valence electrons. The van der Waals surface area contributed by atoms with Crippen molar-refractivity contribution in [1.82, 2.24) is 0 Å². The van der Waals surface area contributed by atoms with E-state index in [1.165, 1.54) is 44.9 Å². The third-order valence-corrected chi connectivity index (χ3v) is 3.15. The van der Waals surface area contributed by atoms with Crippen molar-refractivity contribution in [3.05, 3.63) is 0 Å². The number of hydrogen-bond acceptors (Lipinski definition) is 3. The monoisotopic (exact) mass is 302 g/mol. The minimum absolute atomic E-state index is 0.715. The third-order valence-electron chi connectivity index (χ3n) is 2.61. The van der Waals surface area contributed by atoms with Gasteiger partial charge in [0.05, 0.1) is 6.07 Å². The van der Waals surface area contributed by atoms with Crippen LogP contribution in [0.5, 0.6) is 0 Å². The fourth-order valence-corrected chi connectivity index (χ4v) is 2.11. The van der Waals surface area contributed by atoms with Crippen LogP contribution in [0.15, 0.2) is 5.16 Å². The Hall–Kier alpha value is -0.560. The molecule has 0 aliphatic carbocycles. The number of oxime groups is 1. The lowest BCUT2D eigenvalue weighted by atomic mass is 10.1. The Morgan fingerprint density at radius 3 is 2.12 bits per heavy atom. The Labute approximate surface area is 113 Å². The van der Waals surface area contributed by atoms with Crippen molar-refractivity contribution < 1.29 is 4.84 Å². The van der Waals surface area contributed by atoms with E-state index in [9.17, 15) is 0 Å². The average molecular weight is 303 g/mol. The van der Waals surface area contributed by atoms with E-state index in [0.29, 0.717) is 6.42 Å². The normalized spacial score (nSPS) is 11.2. The molecule has 4 heteroatoms. The molecule has 0 radical (unpaired) electrons. The first-order valence-electron chi connectivity index (χ1n) is 6.43. The van der Waals surface area contributed by atoms with Crippen LogP contribution in [0.2, 0.25) is 0 Å². The molecule has 0 heterocycles. The maximum Gasteiger partial charge on any atom is 0.122 e. The maximum atomic E-state index is 8.38. The van der Waals surface area contributed by atoms with Crippen molar-refractivity contribution in [2.24, 2.45) is 5.16 Å². The summed E-state index contributed by atoms with van der Waals surface area (Å²) in [6, 6.07) is 2.18. The molecule has 0 aliphatic heterocycles. The van der Waals surface area contributed by atoms with Crippen LogP contribution >= 0.6 is 15.9 Å². The van der Waals surface area contributed by atoms with Crippen molar-refractivity contribution in [3.8, 4) is 6.07 Å². The van der Waals surface area contributed by atoms with E-state index in [1.807, 2.05) is 0 Å². The summed E-state index contributed by atoms with van der Waals surface area (Å²) in [4.78, 5) is 4.66. The zero-order valence-electron chi connectivity index (χ0n) is 10.8. The van der Waals surface area contributed by atoms with E-state index in [4.69, 9.17) is 5.26 Å². The molecule has 0 aromatic heterocycles. The molecule has 17 heavy (non-hydrogen) atoms. The topological polar surface area (TPSA) is 45.4 Å². The molecule has 0 spiro atoms. The average Bonchev–Trinajstić information content (AvgIpc) is 2.32. The zero-order chi connectivity index (χ0) is 12.8. The number of rotatable bonds is 11. The highest BCUT2D eigenvalue weighted by Crippen LogP contribution is 2.11. The van der Waals surface area contributed by atoms with Gasteiger partial charge in [0.15, 0.2) is 0 Å². The van der Waals surface area contributed by atoms with Gasteiger partial charge in [0.1, 0.15) is 11.7 Å². The van der Waals surface area contributed by atoms with Gasteiger partial charge in [-0.1, -0.05) is 43.7 Å². The van der Waals surface area contributed by atoms with Crippen molar-refractivity contribution in [2.45, 2.75) is 64.2 Å². The predicted molar refractivity (Wildman–Crippen MR) is 75.2 cm³/mol. The van der Waals surface area contributed by atoms with Crippen molar-refractivity contribution in [3.63, 3.8) is 0 Å². The summed E-state index contributed by atoms with van der Waals surface area (Å²) >= 11 is 3.35. The van der Waals surface area contributed by atoms with Gasteiger partial charge < -0.3 is 4.84 Å². The first-order chi connectivity index (χ1) is 8.31. The van der Waals surface area contributed by atoms with Gasteiger partial charge in [0.25, 0.3) is 0 Å². The molecule has 0 saturated heterocycles. The molecule has 0 aromatic carbocycles. The van der Waals surface area contributed by atoms with Crippen LogP contribution < -0.4 is 0 Å². The number of nitrogens with zero attached hydrogens (tertiary/aromatic N) is 2. The Bertz CT molecular complexity index is 236. The second-order valence-corrected chi connectivity index (χ2v) is 5.05. The maximum absolute atomic E-state index is 8.38. The minimum atomic E-state index is 0.715. The second-order valence-electron chi connectivity index (χ2n) is 4.14. The van der Waals surface area contributed by atoms with Crippen LogP contribution in [0.3, 0.4) is 0 Å². The summed E-state index contributed by atoms with van der Waals surface area (Å²) in [6.45, 7) is 0. The highest BCUT2D eigenvalue weighted by Gasteiger charge is 1.96. The van der Waals surface area contributed by atoms with Crippen LogP contribution in [-0.2, 0) is 4.84 Å². The Morgan fingerprint density at radius 1 is 1.06 bits per heavy atom. The van der Waals surface area contributed by atoms with E-state index in [-0.39, 0.29) is 0 Å². The van der Waals surface area contributed by atoms with E-state index in [2.05, 4.69) is 32.0 Å². The first-order valence-corrected chi connectivity index (χ1v) is 7.23. The quantitative estimate of drug-likeness (QED) is 0.313. The fraction of sp³-hybridized carbons (Fsp3) is 0.846. The standard InChI is InChI=1S/C13H23BrN2O/c1-17-16-13(14)11-9-7-5-3-2-4-6-8-10-12-15/h2-11H2,1H3/b16-13-. The molecule has 0 rings (SSSR count). The molecule has 0 N–H and O–H groups in total. The van der Waals surface area contributed by atoms with Gasteiger partial charge in [-0.05, 0) is 35.2 Å². The zero-order valence-corrected chi connectivity index (χ0v) is 12.3. The number of unbranched alkanes of at least 4 members (excludes halogenated alkanes) is 8. The van der Waals surface area contributed by atoms with Gasteiger partial charge >= 0.3 is 0 Å². The molecule has 0 bridgehead atoms. The lowest BCUT2D eigenvalue weighted by Gasteiger charge is -2.01. The lowest BCUT2D eigenvalue weighted by molar-refractivity contribution is 0.214. The summed E-state index contributed by atoms with van der Waals surface area (Å²) in [5.41, 5.74) is 0. The van der Waals surface area contributed by atoms with Crippen LogP contribution in [0.4, 0.5) is 0 Å². The van der Waals surface area contributed by atoms with E-state index >= 15 is 0 Å². The minimum Gasteiger partial charge on any atom is -0.398 e. The molecule has 0 aliphatic rings. The summed E-state index contributed by atoms with van der Waals surface area (Å²) in [5.74, 6) is 0. The molecule has 0 fully saturated rings. The van der Waals surface area contributed by atoms with E-state index in [0.717, 1.165) is 17.5 Å². The molecule has 3 nitrogen and oxygen atoms in total. The molecule has 0 amide bonds. The second kappa shape index (κ2) is 13.5. The van der Waals surface area contributed by atoms with Crippen LogP contribution in [0.1, 0.15) is 64.2 Å². The van der Waals surface area contributed by atoms with Crippen LogP contribution in [0, 0.1) is 11.3 Å². The van der Waals surface area contributed by atoms with Gasteiger partial charge in [-0.2, -0.15) is 5.26 Å². The van der Waals surface area contributed by atoms with Gasteiger partial charge in [-0.15, -0.1) is 0 Å². The van der Waals surface area contributed by atoms with Crippen molar-refractivity contribution >= 4 is 20.6 Å². The molecular weight excluding hydrogens is 280 g/mol. The molecule has 0 saturated carbocycles. The number of nitriles is 1. The van der Waals surface area contributed by atoms with Crippen molar-refractivity contribution in [2.75, 3.05) is 7.11 Å². The third kappa shape index (κ3) is 13.4. The van der Waals surface area contributed by atoms with Crippen LogP contribution in [-0.4, -0.2) is 11.7 Å². The van der Waals surface area contributed by atoms with Gasteiger partial charge in [-0.25, -0.2) is 0 Å².